The molecule has 0 radical (unpaired) electrons. The second-order valence-corrected chi connectivity index (χ2v) is 7.66. The fraction of sp³-hybridized carbons (Fsp3) is 0.133. The maximum Gasteiger partial charge on any atom is 0.340 e. The summed E-state index contributed by atoms with van der Waals surface area (Å²) in [7, 11) is -3.52. The zero-order valence-corrected chi connectivity index (χ0v) is 15.2. The highest BCUT2D eigenvalue weighted by Crippen LogP contribution is 2.21. The number of ether oxygens (including phenoxy) is 1. The molecule has 2 aromatic rings. The minimum atomic E-state index is -3.52. The van der Waals surface area contributed by atoms with Crippen LogP contribution < -0.4 is 5.32 Å². The third-order valence-corrected chi connectivity index (χ3v) is 4.69. The Morgan fingerprint density at radius 1 is 1.24 bits per heavy atom. The molecule has 1 aromatic heterocycles. The summed E-state index contributed by atoms with van der Waals surface area (Å²) in [6.07, 6.45) is 2.45. The number of hydrogen-bond acceptors (Lipinski definition) is 6. The second-order valence-electron chi connectivity index (χ2n) is 4.88. The summed E-state index contributed by atoms with van der Waals surface area (Å²) in [5, 5.41) is 2.52. The van der Waals surface area contributed by atoms with Gasteiger partial charge < -0.3 is 10.1 Å². The number of pyridine rings is 1. The van der Waals surface area contributed by atoms with Crippen LogP contribution in [0, 0.1) is 0 Å². The van der Waals surface area contributed by atoms with E-state index in [1.807, 2.05) is 0 Å². The van der Waals surface area contributed by atoms with Gasteiger partial charge in [-0.05, 0) is 30.3 Å². The molecule has 0 spiro atoms. The molecule has 1 N–H and O–H groups in total. The van der Waals surface area contributed by atoms with Gasteiger partial charge in [0.05, 0.1) is 21.2 Å². The molecule has 0 aliphatic carbocycles. The topological polar surface area (TPSA) is 102 Å². The molecule has 0 atom stereocenters. The zero-order valence-electron chi connectivity index (χ0n) is 12.8. The molecule has 0 unspecified atom stereocenters. The van der Waals surface area contributed by atoms with Crippen molar-refractivity contribution < 1.29 is 22.7 Å². The van der Waals surface area contributed by atoms with Crippen LogP contribution in [0.3, 0.4) is 0 Å². The molecule has 1 aromatic carbocycles. The van der Waals surface area contributed by atoms with Gasteiger partial charge in [0.1, 0.15) is 0 Å². The lowest BCUT2D eigenvalue weighted by atomic mass is 10.2. The van der Waals surface area contributed by atoms with E-state index in [1.54, 1.807) is 6.07 Å². The highest BCUT2D eigenvalue weighted by Gasteiger charge is 2.18. The minimum absolute atomic E-state index is 0.00751. The molecule has 0 saturated carbocycles. The van der Waals surface area contributed by atoms with Crippen LogP contribution in [0.4, 0.5) is 5.69 Å². The Morgan fingerprint density at radius 2 is 1.96 bits per heavy atom. The molecule has 10 heteroatoms. The first-order valence-electron chi connectivity index (χ1n) is 6.75. The molecule has 0 aliphatic heterocycles. The van der Waals surface area contributed by atoms with Crippen LogP contribution in [0.5, 0.6) is 0 Å². The van der Waals surface area contributed by atoms with Gasteiger partial charge in [0, 0.05) is 12.5 Å². The number of anilines is 1. The van der Waals surface area contributed by atoms with Crippen LogP contribution in [-0.2, 0) is 19.4 Å². The number of amides is 1. The van der Waals surface area contributed by atoms with E-state index in [9.17, 15) is 18.0 Å². The van der Waals surface area contributed by atoms with E-state index in [4.69, 9.17) is 27.9 Å². The van der Waals surface area contributed by atoms with Crippen molar-refractivity contribution in [2.45, 2.75) is 4.90 Å². The van der Waals surface area contributed by atoms with E-state index in [0.717, 1.165) is 12.3 Å². The van der Waals surface area contributed by atoms with Crippen LogP contribution in [0.25, 0.3) is 0 Å². The van der Waals surface area contributed by atoms with Crippen molar-refractivity contribution in [2.75, 3.05) is 18.2 Å². The lowest BCUT2D eigenvalue weighted by molar-refractivity contribution is -0.119. The standard InChI is InChI=1S/C15H12Cl2N2O5S/c1-25(22,23)9-4-5-11(16)10(7-9)15(21)24-8-13(20)19-12-3-2-6-18-14(12)17/h2-7H,8H2,1H3,(H,19,20). The van der Waals surface area contributed by atoms with Gasteiger partial charge in [-0.3, -0.25) is 4.79 Å². The summed E-state index contributed by atoms with van der Waals surface area (Å²) in [6, 6.07) is 6.73. The van der Waals surface area contributed by atoms with E-state index < -0.39 is 28.3 Å². The van der Waals surface area contributed by atoms with Crippen molar-refractivity contribution in [1.82, 2.24) is 4.98 Å². The Balaban J connectivity index is 2.05. The largest absolute Gasteiger partial charge is 0.452 e. The molecular formula is C15H12Cl2N2O5S. The lowest BCUT2D eigenvalue weighted by Gasteiger charge is -2.09. The zero-order chi connectivity index (χ0) is 18.6. The number of sulfone groups is 1. The summed E-state index contributed by atoms with van der Waals surface area (Å²) >= 11 is 11.7. The number of carbonyl (C=O) groups is 2. The van der Waals surface area contributed by atoms with E-state index in [1.165, 1.54) is 24.4 Å². The van der Waals surface area contributed by atoms with Crippen molar-refractivity contribution in [2.24, 2.45) is 0 Å². The SMILES string of the molecule is CS(=O)(=O)c1ccc(Cl)c(C(=O)OCC(=O)Nc2cccnc2Cl)c1. The predicted octanol–water partition coefficient (Wildman–Crippen LogP) is 2.59. The Labute approximate surface area is 153 Å². The summed E-state index contributed by atoms with van der Waals surface area (Å²) < 4.78 is 27.9. The van der Waals surface area contributed by atoms with E-state index in [2.05, 4.69) is 10.3 Å². The van der Waals surface area contributed by atoms with E-state index in [-0.39, 0.29) is 26.3 Å². The number of benzene rings is 1. The monoisotopic (exact) mass is 402 g/mol. The molecule has 132 valence electrons. The Kier molecular flexibility index (Phi) is 5.99. The fourth-order valence-electron chi connectivity index (χ4n) is 1.77. The Hall–Kier alpha value is -2.16. The van der Waals surface area contributed by atoms with Gasteiger partial charge in [-0.2, -0.15) is 0 Å². The van der Waals surface area contributed by atoms with Gasteiger partial charge in [-0.25, -0.2) is 18.2 Å². The summed E-state index contributed by atoms with van der Waals surface area (Å²) in [5.74, 6) is -1.57. The second kappa shape index (κ2) is 7.81. The number of rotatable bonds is 5. The highest BCUT2D eigenvalue weighted by molar-refractivity contribution is 7.90. The van der Waals surface area contributed by atoms with Crippen molar-refractivity contribution in [3.63, 3.8) is 0 Å². The summed E-state index contributed by atoms with van der Waals surface area (Å²) in [5.41, 5.74) is 0.110. The summed E-state index contributed by atoms with van der Waals surface area (Å²) in [6.45, 7) is -0.608. The average Bonchev–Trinajstić information content (AvgIpc) is 2.54. The third-order valence-electron chi connectivity index (χ3n) is 2.95. The molecular weight excluding hydrogens is 391 g/mol. The van der Waals surface area contributed by atoms with Crippen molar-refractivity contribution in [1.29, 1.82) is 0 Å². The van der Waals surface area contributed by atoms with Gasteiger partial charge in [-0.15, -0.1) is 0 Å². The molecule has 0 aliphatic rings. The van der Waals surface area contributed by atoms with Crippen LogP contribution >= 0.6 is 23.2 Å². The number of aromatic nitrogens is 1. The number of halogens is 2. The number of carbonyl (C=O) groups excluding carboxylic acids is 2. The third kappa shape index (κ3) is 5.15. The maximum absolute atomic E-state index is 12.0. The fourth-order valence-corrected chi connectivity index (χ4v) is 2.77. The first-order valence-corrected chi connectivity index (χ1v) is 9.40. The number of nitrogens with one attached hydrogen (secondary N) is 1. The van der Waals surface area contributed by atoms with Gasteiger partial charge in [0.25, 0.3) is 5.91 Å². The van der Waals surface area contributed by atoms with E-state index in [0.29, 0.717) is 0 Å². The highest BCUT2D eigenvalue weighted by atomic mass is 35.5. The molecule has 2 rings (SSSR count). The molecule has 1 amide bonds. The Morgan fingerprint density at radius 3 is 2.60 bits per heavy atom. The van der Waals surface area contributed by atoms with Crippen LogP contribution in [-0.4, -0.2) is 38.1 Å². The van der Waals surface area contributed by atoms with Crippen molar-refractivity contribution in [3.05, 3.63) is 52.3 Å². The number of hydrogen-bond donors (Lipinski definition) is 1. The summed E-state index contributed by atoms with van der Waals surface area (Å²) in [4.78, 5) is 27.6. The minimum Gasteiger partial charge on any atom is -0.452 e. The first-order chi connectivity index (χ1) is 11.7. The van der Waals surface area contributed by atoms with Crippen LogP contribution in [0.1, 0.15) is 10.4 Å². The normalized spacial score (nSPS) is 11.0. The lowest BCUT2D eigenvalue weighted by Crippen LogP contribution is -2.21. The van der Waals surface area contributed by atoms with Gasteiger partial charge >= 0.3 is 5.97 Å². The Bertz CT molecular complexity index is 931. The first kappa shape index (κ1) is 19.2. The van der Waals surface area contributed by atoms with Crippen molar-refractivity contribution >= 4 is 50.6 Å². The van der Waals surface area contributed by atoms with Crippen LogP contribution in [0.15, 0.2) is 41.4 Å². The molecule has 1 heterocycles. The molecule has 25 heavy (non-hydrogen) atoms. The van der Waals surface area contributed by atoms with E-state index >= 15 is 0 Å². The van der Waals surface area contributed by atoms with Gasteiger partial charge in [-0.1, -0.05) is 23.2 Å². The molecule has 0 bridgehead atoms. The smallest absolute Gasteiger partial charge is 0.340 e. The molecule has 0 saturated heterocycles. The molecule has 0 fully saturated rings. The molecule has 7 nitrogen and oxygen atoms in total. The predicted molar refractivity (Wildman–Crippen MR) is 92.7 cm³/mol. The van der Waals surface area contributed by atoms with Crippen LogP contribution in [0.2, 0.25) is 10.2 Å². The maximum atomic E-state index is 12.0. The van der Waals surface area contributed by atoms with Gasteiger partial charge in [0.15, 0.2) is 21.6 Å². The van der Waals surface area contributed by atoms with Crippen molar-refractivity contribution in [3.8, 4) is 0 Å². The quantitative estimate of drug-likeness (QED) is 0.608. The number of nitrogens with zero attached hydrogens (tertiary/aromatic N) is 1. The number of esters is 1. The van der Waals surface area contributed by atoms with Gasteiger partial charge in [0.2, 0.25) is 0 Å². The average molecular weight is 403 g/mol.